The maximum atomic E-state index is 13.4. The van der Waals surface area contributed by atoms with Gasteiger partial charge < -0.3 is 33.5 Å². The number of ether oxygens (including phenoxy) is 4. The summed E-state index contributed by atoms with van der Waals surface area (Å²) in [5.74, 6) is -1.23. The summed E-state index contributed by atoms with van der Waals surface area (Å²) in [4.78, 5) is 80.2. The Labute approximate surface area is 479 Å². The summed E-state index contributed by atoms with van der Waals surface area (Å²) in [5.41, 5.74) is 15.1. The van der Waals surface area contributed by atoms with Crippen LogP contribution in [-0.4, -0.2) is 107 Å². The fraction of sp³-hybridized carbons (Fsp3) is 0.607. The summed E-state index contributed by atoms with van der Waals surface area (Å²) < 4.78 is 83.9. The van der Waals surface area contributed by atoms with Crippen molar-refractivity contribution in [2.24, 2.45) is 39.3 Å². The van der Waals surface area contributed by atoms with Crippen LogP contribution in [0.2, 0.25) is 19.6 Å². The van der Waals surface area contributed by atoms with Crippen LogP contribution in [0.3, 0.4) is 0 Å². The zero-order valence-electron chi connectivity index (χ0n) is 49.3. The van der Waals surface area contributed by atoms with Crippen molar-refractivity contribution < 1.29 is 73.2 Å². The minimum Gasteiger partial charge on any atom is -0.434 e. The van der Waals surface area contributed by atoms with Gasteiger partial charge in [-0.15, -0.1) is 0 Å². The Morgan fingerprint density at radius 1 is 0.720 bits per heavy atom. The van der Waals surface area contributed by atoms with Gasteiger partial charge in [-0.3, -0.25) is 28.8 Å². The van der Waals surface area contributed by atoms with Crippen LogP contribution in [0.15, 0.2) is 87.1 Å². The van der Waals surface area contributed by atoms with Crippen molar-refractivity contribution in [2.45, 2.75) is 177 Å². The van der Waals surface area contributed by atoms with E-state index in [1.807, 2.05) is 89.2 Å². The van der Waals surface area contributed by atoms with E-state index in [1.54, 1.807) is 20.8 Å². The van der Waals surface area contributed by atoms with Crippen molar-refractivity contribution in [3.8, 4) is 0 Å². The van der Waals surface area contributed by atoms with E-state index in [4.69, 9.17) is 30.0 Å². The summed E-state index contributed by atoms with van der Waals surface area (Å²) >= 11 is 0. The molecule has 3 aliphatic rings. The molecule has 1 aliphatic carbocycles. The van der Waals surface area contributed by atoms with Gasteiger partial charge in [0, 0.05) is 57.3 Å². The van der Waals surface area contributed by atoms with E-state index < -0.39 is 77.9 Å². The van der Waals surface area contributed by atoms with E-state index >= 15 is 0 Å². The van der Waals surface area contributed by atoms with Crippen LogP contribution >= 0.6 is 0 Å². The zero-order chi connectivity index (χ0) is 62.2. The summed E-state index contributed by atoms with van der Waals surface area (Å²) in [6.45, 7) is 25.7. The number of benzene rings is 2. The van der Waals surface area contributed by atoms with Crippen LogP contribution in [-0.2, 0) is 68.1 Å². The second-order valence-electron chi connectivity index (χ2n) is 22.4. The van der Waals surface area contributed by atoms with Crippen LogP contribution in [0.1, 0.15) is 125 Å². The average molecular weight is 1190 g/mol. The number of hydrogen-bond donors (Lipinski definition) is 2. The molecule has 82 heavy (non-hydrogen) atoms. The van der Waals surface area contributed by atoms with Gasteiger partial charge in [-0.2, -0.15) is 21.6 Å². The smallest absolute Gasteiger partial charge is 0.434 e. The zero-order valence-corrected chi connectivity index (χ0v) is 51.1. The molecule has 0 saturated carbocycles. The summed E-state index contributed by atoms with van der Waals surface area (Å²) in [6.07, 6.45) is -0.415. The molecule has 0 aromatic heterocycles. The number of alkyl halides is 3. The van der Waals surface area contributed by atoms with Crippen molar-refractivity contribution >= 4 is 53.6 Å². The van der Waals surface area contributed by atoms with E-state index in [2.05, 4.69) is 55.3 Å². The lowest BCUT2D eigenvalue weighted by Crippen LogP contribution is -2.58. The monoisotopic (exact) mass is 1190 g/mol. The predicted molar refractivity (Wildman–Crippen MR) is 302 cm³/mol. The topological polar surface area (TPSA) is 304 Å². The number of ketones is 3. The number of azide groups is 2. The molecular weight excluding hydrogens is 1110 g/mol. The number of amides is 2. The maximum Gasteiger partial charge on any atom is 0.522 e. The number of Topliss-reactive ketones (excluding diaryl/α,β-unsaturated/α-hetero) is 3. The molecule has 2 aromatic carbocycles. The van der Waals surface area contributed by atoms with Crippen LogP contribution in [0, 0.1) is 29.1 Å². The van der Waals surface area contributed by atoms with Gasteiger partial charge >= 0.3 is 21.6 Å². The van der Waals surface area contributed by atoms with Gasteiger partial charge in [0.25, 0.3) is 0 Å². The number of halogens is 3. The first kappa shape index (κ1) is 70.0. The molecule has 5 unspecified atom stereocenters. The predicted octanol–water partition coefficient (Wildman–Crippen LogP) is 10.8. The van der Waals surface area contributed by atoms with Crippen LogP contribution in [0.5, 0.6) is 0 Å². The highest BCUT2D eigenvalue weighted by atomic mass is 32.2. The highest BCUT2D eigenvalue weighted by molar-refractivity contribution is 7.88. The average Bonchev–Trinajstić information content (AvgIpc) is 3.60. The fourth-order valence-electron chi connectivity index (χ4n) is 10.0. The number of carbonyl (C=O) groups excluding carboxylic acids is 6. The van der Waals surface area contributed by atoms with Crippen LogP contribution in [0.4, 0.5) is 13.2 Å². The second kappa shape index (κ2) is 30.4. The molecule has 26 heteroatoms. The lowest BCUT2D eigenvalue weighted by Gasteiger charge is -2.45. The van der Waals surface area contributed by atoms with Gasteiger partial charge in [-0.05, 0) is 105 Å². The van der Waals surface area contributed by atoms with Crippen LogP contribution in [0.25, 0.3) is 20.9 Å². The van der Waals surface area contributed by atoms with Crippen molar-refractivity contribution in [1.29, 1.82) is 0 Å². The minimum absolute atomic E-state index is 0.0123. The molecule has 2 aromatic rings. The quantitative estimate of drug-likeness (QED) is 0.0237. The molecule has 2 saturated heterocycles. The lowest BCUT2D eigenvalue weighted by atomic mass is 9.70. The molecule has 2 aliphatic heterocycles. The molecule has 0 bridgehead atoms. The summed E-state index contributed by atoms with van der Waals surface area (Å²) in [6, 6.07) is 16.4. The van der Waals surface area contributed by atoms with Gasteiger partial charge in [0.05, 0.1) is 24.3 Å². The molecule has 0 spiro atoms. The molecule has 2 amide bonds. The van der Waals surface area contributed by atoms with Crippen LogP contribution < -0.4 is 10.6 Å². The number of rotatable bonds is 20. The first-order valence-corrected chi connectivity index (χ1v) is 31.8. The molecule has 2 heterocycles. The first-order chi connectivity index (χ1) is 38.1. The van der Waals surface area contributed by atoms with E-state index in [1.165, 1.54) is 26.6 Å². The van der Waals surface area contributed by atoms with Gasteiger partial charge in [0.2, 0.25) is 26.4 Å². The Bertz CT molecular complexity index is 2890. The van der Waals surface area contributed by atoms with Gasteiger partial charge in [-0.1, -0.05) is 120 Å². The molecule has 11 atom stereocenters. The van der Waals surface area contributed by atoms with Crippen molar-refractivity contribution in [3.05, 3.63) is 114 Å². The molecule has 21 nitrogen and oxygen atoms in total. The normalized spacial score (nSPS) is 24.5. The molecule has 0 radical (unpaired) electrons. The third kappa shape index (κ3) is 19.4. The molecular formula is C56H79F3N8O13SSi. The van der Waals surface area contributed by atoms with Gasteiger partial charge in [0.15, 0.2) is 17.9 Å². The fourth-order valence-corrected chi connectivity index (χ4v) is 13.0. The number of allylic oxidation sites excluding steroid dienone is 4. The number of hydrogen-bond acceptors (Lipinski definition) is 15. The van der Waals surface area contributed by atoms with Gasteiger partial charge in [-0.25, -0.2) is 0 Å². The molecule has 2 N–H and O–H groups in total. The number of nitrogens with one attached hydrogen (secondary N) is 2. The minimum atomic E-state index is -5.39. The third-order valence-corrected chi connectivity index (χ3v) is 18.1. The Hall–Kier alpha value is -6.24. The number of carbonyl (C=O) groups is 6. The Kier molecular flexibility index (Phi) is 25.9. The van der Waals surface area contributed by atoms with E-state index in [9.17, 15) is 50.4 Å². The molecule has 2 fully saturated rings. The van der Waals surface area contributed by atoms with E-state index in [-0.39, 0.29) is 79.2 Å². The Balaban J connectivity index is 0.000000436. The third-order valence-electron chi connectivity index (χ3n) is 14.7. The highest BCUT2D eigenvalue weighted by Crippen LogP contribution is 2.41. The van der Waals surface area contributed by atoms with Gasteiger partial charge in [0.1, 0.15) is 25.0 Å². The Morgan fingerprint density at radius 3 is 1.60 bits per heavy atom. The van der Waals surface area contributed by atoms with E-state index in [0.29, 0.717) is 22.3 Å². The summed E-state index contributed by atoms with van der Waals surface area (Å²) in [5, 5.41) is 12.3. The molecule has 5 rings (SSSR count). The number of esters is 1. The summed E-state index contributed by atoms with van der Waals surface area (Å²) in [7, 11) is -8.10. The maximum absolute atomic E-state index is 13.4. The van der Waals surface area contributed by atoms with E-state index in [0.717, 1.165) is 29.5 Å². The Morgan fingerprint density at radius 2 is 1.17 bits per heavy atom. The number of nitrogens with zero attached hydrogens (tertiary/aromatic N) is 6. The SMILES string of the molecule is CCC1O[C@@H](OC(C)=O)C(NC(=O)CN=[N+]=[N-])[C@@H](C)[C@@H]1C.CCC1O[C@@H](OC(c2ccccc2)c2ccc(CC(=O)CC(C)(C)C3=C(C)C(=O)C(C)=C(C)C3=O)cc2)C(NC(=O)CN=[N+]=[N-])[C@@H](C)[C@@H]1C.C[Si](C)(C)OS(=O)(=O)C(F)(F)F. The molecule has 452 valence electrons. The second-order valence-corrected chi connectivity index (χ2v) is 28.6. The first-order valence-electron chi connectivity index (χ1n) is 27.0. The van der Waals surface area contributed by atoms with Crippen molar-refractivity contribution in [1.82, 2.24) is 10.6 Å². The lowest BCUT2D eigenvalue weighted by molar-refractivity contribution is -0.248. The van der Waals surface area contributed by atoms with Crippen molar-refractivity contribution in [2.75, 3.05) is 13.1 Å². The largest absolute Gasteiger partial charge is 0.522 e. The van der Waals surface area contributed by atoms with Crippen molar-refractivity contribution in [3.63, 3.8) is 0 Å². The standard InChI is InChI=1S/C39H48N4O6.C13H22N4O4.C4H9F3O3SSi/c1-9-31-22(2)23(3)34(42-32(45)21-41-43-40)38(48-31)49-37(28-13-11-10-12-14-28)29-17-15-27(16-18-29)19-30(44)20-39(7,8)33-26(6)35(46)24(4)25(5)36(33)47;1-5-10-7(2)8(3)12(13(21-10)20-9(4)18)16-11(19)6-15-17-14;1-12(2,3)10-11(8,9)4(5,6)7/h10-18,22-23,31,34,37-38H,9,19-21H2,1-8H3,(H,42,45);7-8,10,12-13H,5-6H2,1-4H3,(H,16,19);1-3H3/t22-,23-,31?,34?,37?,38-;7-,8-,10?,12?,13+;/m00./s1. The highest BCUT2D eigenvalue weighted by Gasteiger charge is 2.50.